The van der Waals surface area contributed by atoms with Gasteiger partial charge >= 0.3 is 0 Å². The van der Waals surface area contributed by atoms with Crippen LogP contribution in [0, 0.1) is 0 Å². The van der Waals surface area contributed by atoms with Crippen LogP contribution in [0.2, 0.25) is 0 Å². The van der Waals surface area contributed by atoms with Crippen molar-refractivity contribution in [2.75, 3.05) is 5.32 Å². The van der Waals surface area contributed by atoms with E-state index in [0.29, 0.717) is 11.5 Å². The molecule has 0 aliphatic rings. The number of hydrogen-bond donors (Lipinski definition) is 2. The number of amides is 1. The van der Waals surface area contributed by atoms with Gasteiger partial charge in [0.05, 0.1) is 11.7 Å². The molecule has 2 rings (SSSR count). The summed E-state index contributed by atoms with van der Waals surface area (Å²) in [6.07, 6.45) is 2.53. The minimum Gasteiger partial charge on any atom is -0.305 e. The Balaban J connectivity index is 2.13. The smallest absolute Gasteiger partial charge is 0.276 e. The number of aromatic amines is 1. The van der Waals surface area contributed by atoms with Gasteiger partial charge in [-0.05, 0) is 6.42 Å². The van der Waals surface area contributed by atoms with Gasteiger partial charge < -0.3 is 5.32 Å². The third kappa shape index (κ3) is 2.04. The van der Waals surface area contributed by atoms with Crippen LogP contribution in [-0.2, 0) is 6.42 Å². The first-order valence-corrected chi connectivity index (χ1v) is 5.47. The summed E-state index contributed by atoms with van der Waals surface area (Å²) in [5.74, 6) is 0.436. The minimum absolute atomic E-state index is 0.213. The van der Waals surface area contributed by atoms with E-state index in [1.165, 1.54) is 11.3 Å². The van der Waals surface area contributed by atoms with E-state index >= 15 is 0 Å². The van der Waals surface area contributed by atoms with E-state index < -0.39 is 0 Å². The predicted octanol–water partition coefficient (Wildman–Crippen LogP) is 1.68. The molecular formula is C9H10N4OS. The molecule has 2 aromatic rings. The molecule has 2 heterocycles. The number of carbonyl (C=O) groups excluding carboxylic acids is 1. The van der Waals surface area contributed by atoms with E-state index in [1.807, 2.05) is 6.92 Å². The number of H-pyrrole nitrogens is 1. The molecule has 0 spiro atoms. The highest BCUT2D eigenvalue weighted by Gasteiger charge is 2.10. The van der Waals surface area contributed by atoms with E-state index in [9.17, 15) is 4.79 Å². The molecule has 0 fully saturated rings. The fourth-order valence-corrected chi connectivity index (χ4v) is 1.72. The molecule has 0 aromatic carbocycles. The second kappa shape index (κ2) is 4.22. The van der Waals surface area contributed by atoms with Gasteiger partial charge in [0, 0.05) is 10.9 Å². The van der Waals surface area contributed by atoms with Gasteiger partial charge in [-0.1, -0.05) is 6.92 Å². The summed E-state index contributed by atoms with van der Waals surface area (Å²) in [5, 5.41) is 11.0. The quantitative estimate of drug-likeness (QED) is 0.830. The van der Waals surface area contributed by atoms with E-state index in [1.54, 1.807) is 17.1 Å². The zero-order valence-corrected chi connectivity index (χ0v) is 8.97. The zero-order valence-electron chi connectivity index (χ0n) is 8.15. The maximum absolute atomic E-state index is 11.6. The predicted molar refractivity (Wildman–Crippen MR) is 58.0 cm³/mol. The molecule has 0 atom stereocenters. The van der Waals surface area contributed by atoms with Crippen molar-refractivity contribution < 1.29 is 4.79 Å². The number of aromatic nitrogens is 3. The maximum Gasteiger partial charge on any atom is 0.276 e. The number of nitrogens with zero attached hydrogens (tertiary/aromatic N) is 2. The molecule has 2 aromatic heterocycles. The van der Waals surface area contributed by atoms with Crippen molar-refractivity contribution in [2.45, 2.75) is 13.3 Å². The first-order valence-electron chi connectivity index (χ1n) is 4.53. The van der Waals surface area contributed by atoms with Crippen molar-refractivity contribution in [3.05, 3.63) is 28.3 Å². The van der Waals surface area contributed by atoms with E-state index in [2.05, 4.69) is 20.5 Å². The maximum atomic E-state index is 11.6. The number of hydrogen-bond acceptors (Lipinski definition) is 4. The van der Waals surface area contributed by atoms with Crippen LogP contribution in [0.15, 0.2) is 17.1 Å². The average molecular weight is 222 g/mol. The normalized spacial score (nSPS) is 10.2. The SMILES string of the molecule is CCc1cn[nH]c1NC(=O)c1cscn1. The van der Waals surface area contributed by atoms with Gasteiger partial charge in [-0.2, -0.15) is 5.10 Å². The molecular weight excluding hydrogens is 212 g/mol. The van der Waals surface area contributed by atoms with Crippen molar-refractivity contribution in [2.24, 2.45) is 0 Å². The van der Waals surface area contributed by atoms with Gasteiger partial charge in [0.1, 0.15) is 11.5 Å². The van der Waals surface area contributed by atoms with Crippen molar-refractivity contribution in [1.29, 1.82) is 0 Å². The van der Waals surface area contributed by atoms with Crippen molar-refractivity contribution in [1.82, 2.24) is 15.2 Å². The van der Waals surface area contributed by atoms with Crippen LogP contribution >= 0.6 is 11.3 Å². The Morgan fingerprint density at radius 3 is 3.20 bits per heavy atom. The fourth-order valence-electron chi connectivity index (χ4n) is 1.19. The van der Waals surface area contributed by atoms with E-state index in [4.69, 9.17) is 0 Å². The Hall–Kier alpha value is -1.69. The van der Waals surface area contributed by atoms with Gasteiger partial charge in [-0.3, -0.25) is 9.89 Å². The molecule has 0 unspecified atom stereocenters. The molecule has 0 saturated carbocycles. The number of anilines is 1. The lowest BCUT2D eigenvalue weighted by molar-refractivity contribution is 0.102. The monoisotopic (exact) mass is 222 g/mol. The Morgan fingerprint density at radius 1 is 1.67 bits per heavy atom. The van der Waals surface area contributed by atoms with E-state index in [0.717, 1.165) is 12.0 Å². The standard InChI is InChI=1S/C9H10N4OS/c1-2-6-3-11-13-8(6)12-9(14)7-4-15-5-10-7/h3-5H,2H2,1H3,(H2,11,12,13,14). The molecule has 6 heteroatoms. The van der Waals surface area contributed by atoms with Crippen molar-refractivity contribution >= 4 is 23.1 Å². The second-order valence-electron chi connectivity index (χ2n) is 2.95. The molecule has 78 valence electrons. The van der Waals surface area contributed by atoms with Gasteiger partial charge in [0.25, 0.3) is 5.91 Å². The van der Waals surface area contributed by atoms with Crippen LogP contribution in [0.5, 0.6) is 0 Å². The molecule has 0 bridgehead atoms. The van der Waals surface area contributed by atoms with Crippen LogP contribution in [0.1, 0.15) is 23.0 Å². The molecule has 0 aliphatic carbocycles. The molecule has 0 aliphatic heterocycles. The van der Waals surface area contributed by atoms with Crippen LogP contribution < -0.4 is 5.32 Å². The lowest BCUT2D eigenvalue weighted by Crippen LogP contribution is -2.13. The number of aryl methyl sites for hydroxylation is 1. The summed E-state index contributed by atoms with van der Waals surface area (Å²) in [6.45, 7) is 2.00. The molecule has 1 amide bonds. The molecule has 0 radical (unpaired) electrons. The van der Waals surface area contributed by atoms with Crippen LogP contribution in [0.25, 0.3) is 0 Å². The lowest BCUT2D eigenvalue weighted by Gasteiger charge is -2.01. The number of rotatable bonds is 3. The number of thiazole rings is 1. The summed E-state index contributed by atoms with van der Waals surface area (Å²) >= 11 is 1.39. The summed E-state index contributed by atoms with van der Waals surface area (Å²) in [7, 11) is 0. The second-order valence-corrected chi connectivity index (χ2v) is 3.67. The Morgan fingerprint density at radius 2 is 2.53 bits per heavy atom. The Kier molecular flexibility index (Phi) is 2.77. The minimum atomic E-state index is -0.213. The highest BCUT2D eigenvalue weighted by Crippen LogP contribution is 2.12. The largest absolute Gasteiger partial charge is 0.305 e. The summed E-state index contributed by atoms with van der Waals surface area (Å²) in [5.41, 5.74) is 3.04. The summed E-state index contributed by atoms with van der Waals surface area (Å²) < 4.78 is 0. The first-order chi connectivity index (χ1) is 7.31. The topological polar surface area (TPSA) is 70.7 Å². The average Bonchev–Trinajstić information content (AvgIpc) is 2.87. The lowest BCUT2D eigenvalue weighted by atomic mass is 10.2. The zero-order chi connectivity index (χ0) is 10.7. The first kappa shape index (κ1) is 9.85. The van der Waals surface area contributed by atoms with Crippen molar-refractivity contribution in [3.8, 4) is 0 Å². The summed E-state index contributed by atoms with van der Waals surface area (Å²) in [6, 6.07) is 0. The van der Waals surface area contributed by atoms with Gasteiger partial charge in [-0.25, -0.2) is 4.98 Å². The Labute approximate surface area is 90.6 Å². The van der Waals surface area contributed by atoms with Gasteiger partial charge in [0.2, 0.25) is 0 Å². The van der Waals surface area contributed by atoms with Crippen LogP contribution in [0.4, 0.5) is 5.82 Å². The Bertz CT molecular complexity index is 448. The number of carbonyl (C=O) groups is 1. The molecule has 0 saturated heterocycles. The highest BCUT2D eigenvalue weighted by molar-refractivity contribution is 7.07. The third-order valence-electron chi connectivity index (χ3n) is 2.00. The fraction of sp³-hybridized carbons (Fsp3) is 0.222. The van der Waals surface area contributed by atoms with Crippen molar-refractivity contribution in [3.63, 3.8) is 0 Å². The van der Waals surface area contributed by atoms with Gasteiger partial charge in [-0.15, -0.1) is 11.3 Å². The highest BCUT2D eigenvalue weighted by atomic mass is 32.1. The van der Waals surface area contributed by atoms with Crippen LogP contribution in [-0.4, -0.2) is 21.1 Å². The van der Waals surface area contributed by atoms with Gasteiger partial charge in [0.15, 0.2) is 0 Å². The number of nitrogens with one attached hydrogen (secondary N) is 2. The molecule has 5 nitrogen and oxygen atoms in total. The molecule has 15 heavy (non-hydrogen) atoms. The van der Waals surface area contributed by atoms with Crippen LogP contribution in [0.3, 0.4) is 0 Å². The third-order valence-corrected chi connectivity index (χ3v) is 2.59. The summed E-state index contributed by atoms with van der Waals surface area (Å²) in [4.78, 5) is 15.6. The van der Waals surface area contributed by atoms with E-state index in [-0.39, 0.29) is 5.91 Å². The molecule has 2 N–H and O–H groups in total.